The topological polar surface area (TPSA) is 133 Å². The monoisotopic (exact) mass is 1600 g/mol. The highest BCUT2D eigenvalue weighted by atomic mass is 16.6. The molecular formula is C102H198O11. The van der Waals surface area contributed by atoms with E-state index in [0.717, 1.165) is 116 Å². The Morgan fingerprint density at radius 2 is 0.301 bits per heavy atom. The normalized spacial score (nSPS) is 13.3. The number of hydrogen-bond acceptors (Lipinski definition) is 11. The van der Waals surface area contributed by atoms with Crippen molar-refractivity contribution in [3.63, 3.8) is 0 Å². The number of unbranched alkanes of at least 4 members (excludes halogenated alkanes) is 42. The third-order valence-corrected chi connectivity index (χ3v) is 24.7. The van der Waals surface area contributed by atoms with Gasteiger partial charge in [-0.15, -0.1) is 0 Å². The van der Waals surface area contributed by atoms with Crippen LogP contribution in [0.5, 0.6) is 0 Å². The summed E-state index contributed by atoms with van der Waals surface area (Å²) in [7, 11) is 0. The molecule has 0 fully saturated rings. The molecule has 4 unspecified atom stereocenters. The second-order valence-corrected chi connectivity index (χ2v) is 35.8. The summed E-state index contributed by atoms with van der Waals surface area (Å²) in [6.45, 7) is 24.4. The van der Waals surface area contributed by atoms with E-state index >= 15 is 0 Å². The molecule has 0 aliphatic heterocycles. The maximum absolute atomic E-state index is 13.0. The summed E-state index contributed by atoms with van der Waals surface area (Å²) < 4.78 is 42.0. The summed E-state index contributed by atoms with van der Waals surface area (Å²) in [5.41, 5.74) is 0. The molecule has 0 saturated heterocycles. The lowest BCUT2D eigenvalue weighted by Gasteiger charge is -2.18. The molecule has 0 aliphatic rings. The fourth-order valence-corrected chi connectivity index (χ4v) is 16.9. The fraction of sp³-hybridized carbons (Fsp3) is 0.961. The van der Waals surface area contributed by atoms with Gasteiger partial charge in [0, 0.05) is 38.9 Å². The molecular weight excluding hydrogens is 1400 g/mol. The highest BCUT2D eigenvalue weighted by Crippen LogP contribution is 2.29. The van der Waals surface area contributed by atoms with Crippen LogP contribution >= 0.6 is 0 Å². The van der Waals surface area contributed by atoms with E-state index in [1.165, 1.54) is 347 Å². The SMILES string of the molecule is CCCCCCCCC(CCCCCC)COC(=O)CCCCCC(CCCCCC(=O)OCC(CCCCCC)CCCCCCCC)CCCCOCCOCCOCCCCC(CCCCCC(=O)OCC(CCCCCC)CCCCCCCC)CCCCCC(=O)OCC(CCCCCC)CCCCCCCC. The average Bonchev–Trinajstić information content (AvgIpc) is 1.03. The Hall–Kier alpha value is -2.24. The lowest BCUT2D eigenvalue weighted by Crippen LogP contribution is -2.14. The van der Waals surface area contributed by atoms with Crippen molar-refractivity contribution in [2.75, 3.05) is 66.1 Å². The van der Waals surface area contributed by atoms with Gasteiger partial charge in [0.1, 0.15) is 0 Å². The minimum Gasteiger partial charge on any atom is -0.465 e. The van der Waals surface area contributed by atoms with E-state index in [-0.39, 0.29) is 23.9 Å². The molecule has 0 aromatic carbocycles. The number of rotatable bonds is 96. The van der Waals surface area contributed by atoms with Crippen molar-refractivity contribution in [1.29, 1.82) is 0 Å². The van der Waals surface area contributed by atoms with Crippen molar-refractivity contribution < 1.29 is 52.3 Å². The molecule has 4 atom stereocenters. The molecule has 0 heterocycles. The third-order valence-electron chi connectivity index (χ3n) is 24.7. The lowest BCUT2D eigenvalue weighted by atomic mass is 9.90. The molecule has 0 N–H and O–H groups in total. The number of hydrogen-bond donors (Lipinski definition) is 0. The molecule has 0 spiro atoms. The quantitative estimate of drug-likeness (QED) is 0.0327. The predicted octanol–water partition coefficient (Wildman–Crippen LogP) is 31.9. The van der Waals surface area contributed by atoms with Crippen molar-refractivity contribution in [3.8, 4) is 0 Å². The smallest absolute Gasteiger partial charge is 0.305 e. The minimum atomic E-state index is -0.00608. The molecule has 113 heavy (non-hydrogen) atoms. The number of carbonyl (C=O) groups is 4. The Bertz CT molecular complexity index is 1660. The number of ether oxygens (including phenoxy) is 7. The summed E-state index contributed by atoms with van der Waals surface area (Å²) in [5, 5.41) is 0. The first-order valence-corrected chi connectivity index (χ1v) is 50.9. The van der Waals surface area contributed by atoms with Crippen molar-refractivity contribution in [1.82, 2.24) is 0 Å². The Morgan fingerprint density at radius 3 is 0.496 bits per heavy atom. The van der Waals surface area contributed by atoms with Crippen LogP contribution in [0.4, 0.5) is 0 Å². The molecule has 0 saturated carbocycles. The first-order valence-electron chi connectivity index (χ1n) is 50.9. The molecule has 0 aliphatic carbocycles. The Kier molecular flexibility index (Phi) is 90.2. The molecule has 672 valence electrons. The standard InChI is InChI=1S/C102H198O11/c1-9-17-25-33-37-49-75-95(71-45-29-21-13-5)89-110-99(103)79-57-41-53-65-93(66-54-42-58-80-100(104)111-90-96(72-46-30-22-14-6)76-50-38-34-26-18-10-2)69-61-63-83-107-85-87-109-88-86-108-84-64-62-70-94(67-55-43-59-81-101(105)112-91-97(73-47-31-23-15-7)77-51-39-35-27-19-11-3)68-56-44-60-82-102(106)113-92-98(74-48-32-24-16-8)78-52-40-36-28-20-12-4/h93-98H,9-92H2,1-8H3. The molecule has 0 bridgehead atoms. The highest BCUT2D eigenvalue weighted by molar-refractivity contribution is 5.70. The van der Waals surface area contributed by atoms with Crippen LogP contribution in [0.2, 0.25) is 0 Å². The van der Waals surface area contributed by atoms with Crippen LogP contribution in [-0.2, 0) is 52.3 Å². The van der Waals surface area contributed by atoms with Crippen LogP contribution in [0, 0.1) is 35.5 Å². The lowest BCUT2D eigenvalue weighted by molar-refractivity contribution is -0.146. The van der Waals surface area contributed by atoms with E-state index in [2.05, 4.69) is 55.4 Å². The van der Waals surface area contributed by atoms with Gasteiger partial charge in [0.15, 0.2) is 0 Å². The van der Waals surface area contributed by atoms with Gasteiger partial charge < -0.3 is 33.2 Å². The van der Waals surface area contributed by atoms with Crippen molar-refractivity contribution in [2.45, 2.75) is 531 Å². The van der Waals surface area contributed by atoms with Crippen LogP contribution < -0.4 is 0 Å². The van der Waals surface area contributed by atoms with Gasteiger partial charge in [0.25, 0.3) is 0 Å². The molecule has 0 rings (SSSR count). The van der Waals surface area contributed by atoms with Gasteiger partial charge in [0.05, 0.1) is 52.9 Å². The van der Waals surface area contributed by atoms with Crippen LogP contribution in [0.1, 0.15) is 531 Å². The zero-order valence-corrected chi connectivity index (χ0v) is 77.4. The second kappa shape index (κ2) is 92.1. The first kappa shape index (κ1) is 111. The highest BCUT2D eigenvalue weighted by Gasteiger charge is 2.19. The molecule has 11 nitrogen and oxygen atoms in total. The van der Waals surface area contributed by atoms with E-state index in [9.17, 15) is 19.2 Å². The van der Waals surface area contributed by atoms with E-state index in [0.29, 0.717) is 114 Å². The van der Waals surface area contributed by atoms with Gasteiger partial charge in [-0.05, 0) is 125 Å². The summed E-state index contributed by atoms with van der Waals surface area (Å²) in [4.78, 5) is 52.2. The van der Waals surface area contributed by atoms with Crippen molar-refractivity contribution in [3.05, 3.63) is 0 Å². The Balaban J connectivity index is 5.27. The maximum atomic E-state index is 13.0. The average molecular weight is 1600 g/mol. The van der Waals surface area contributed by atoms with Gasteiger partial charge in [0.2, 0.25) is 0 Å². The van der Waals surface area contributed by atoms with E-state index in [1.807, 2.05) is 0 Å². The van der Waals surface area contributed by atoms with E-state index in [1.54, 1.807) is 0 Å². The van der Waals surface area contributed by atoms with Crippen LogP contribution in [0.3, 0.4) is 0 Å². The summed E-state index contributed by atoms with van der Waals surface area (Å²) in [6, 6.07) is 0. The summed E-state index contributed by atoms with van der Waals surface area (Å²) >= 11 is 0. The maximum Gasteiger partial charge on any atom is 0.305 e. The molecule has 0 aromatic rings. The van der Waals surface area contributed by atoms with Gasteiger partial charge in [-0.1, -0.05) is 415 Å². The van der Waals surface area contributed by atoms with Crippen molar-refractivity contribution in [2.24, 2.45) is 35.5 Å². The summed E-state index contributed by atoms with van der Waals surface area (Å²) in [5.74, 6) is 3.27. The predicted molar refractivity (Wildman–Crippen MR) is 484 cm³/mol. The van der Waals surface area contributed by atoms with Gasteiger partial charge in [-0.3, -0.25) is 19.2 Å². The molecule has 0 aromatic heterocycles. The second-order valence-electron chi connectivity index (χ2n) is 35.8. The minimum absolute atomic E-state index is 0.00608. The first-order chi connectivity index (χ1) is 55.6. The largest absolute Gasteiger partial charge is 0.465 e. The van der Waals surface area contributed by atoms with Crippen LogP contribution in [-0.4, -0.2) is 89.9 Å². The number of carbonyl (C=O) groups excluding carboxylic acids is 4. The molecule has 11 heteroatoms. The van der Waals surface area contributed by atoms with Crippen molar-refractivity contribution >= 4 is 23.9 Å². The third kappa shape index (κ3) is 83.2. The van der Waals surface area contributed by atoms with Gasteiger partial charge in [-0.25, -0.2) is 0 Å². The van der Waals surface area contributed by atoms with Gasteiger partial charge in [-0.2, -0.15) is 0 Å². The van der Waals surface area contributed by atoms with Gasteiger partial charge >= 0.3 is 23.9 Å². The zero-order valence-electron chi connectivity index (χ0n) is 77.4. The molecule has 0 radical (unpaired) electrons. The number of esters is 4. The van der Waals surface area contributed by atoms with Crippen LogP contribution in [0.25, 0.3) is 0 Å². The van der Waals surface area contributed by atoms with E-state index in [4.69, 9.17) is 33.2 Å². The Labute approximate surface area is 704 Å². The summed E-state index contributed by atoms with van der Waals surface area (Å²) in [6.07, 6.45) is 87.2. The Morgan fingerprint density at radius 1 is 0.159 bits per heavy atom. The fourth-order valence-electron chi connectivity index (χ4n) is 16.9. The zero-order chi connectivity index (χ0) is 82.1. The van der Waals surface area contributed by atoms with E-state index < -0.39 is 0 Å². The van der Waals surface area contributed by atoms with Crippen LogP contribution in [0.15, 0.2) is 0 Å². The molecule has 0 amide bonds.